The van der Waals surface area contributed by atoms with Crippen LogP contribution in [0.5, 0.6) is 0 Å². The molecule has 0 aromatic carbocycles. The minimum atomic E-state index is -0.546. The summed E-state index contributed by atoms with van der Waals surface area (Å²) in [4.78, 5) is 9.80. The maximum atomic E-state index is 9.80. The third-order valence-corrected chi connectivity index (χ3v) is 1.16. The van der Waals surface area contributed by atoms with Crippen LogP contribution in [-0.4, -0.2) is 46.3 Å². The summed E-state index contributed by atoms with van der Waals surface area (Å²) in [5, 5.41) is 0. The lowest BCUT2D eigenvalue weighted by atomic mass is 10.7. The zero-order valence-corrected chi connectivity index (χ0v) is 8.08. The zero-order valence-electron chi connectivity index (χ0n) is 8.08. The fourth-order valence-electron chi connectivity index (χ4n) is 0.578. The first kappa shape index (κ1) is 12.2. The van der Waals surface area contributed by atoms with Crippen molar-refractivity contribution in [3.63, 3.8) is 0 Å². The van der Waals surface area contributed by atoms with Crippen LogP contribution in [0.15, 0.2) is 0 Å². The average molecular weight is 192 g/mol. The second kappa shape index (κ2) is 9.28. The monoisotopic (exact) mass is 192 g/mol. The SMILES string of the molecule is CCOCCOC.O=C1OCCO1. The van der Waals surface area contributed by atoms with Gasteiger partial charge in [0, 0.05) is 13.7 Å². The Morgan fingerprint density at radius 3 is 2.23 bits per heavy atom. The van der Waals surface area contributed by atoms with Gasteiger partial charge in [0.2, 0.25) is 0 Å². The number of ether oxygens (including phenoxy) is 4. The van der Waals surface area contributed by atoms with Crippen LogP contribution < -0.4 is 0 Å². The molecule has 1 fully saturated rings. The van der Waals surface area contributed by atoms with Gasteiger partial charge in [-0.25, -0.2) is 4.79 Å². The van der Waals surface area contributed by atoms with E-state index in [-0.39, 0.29) is 0 Å². The Labute approximate surface area is 77.9 Å². The van der Waals surface area contributed by atoms with E-state index >= 15 is 0 Å². The molecule has 5 nitrogen and oxygen atoms in total. The molecule has 13 heavy (non-hydrogen) atoms. The number of carbonyl (C=O) groups excluding carboxylic acids is 1. The molecular weight excluding hydrogens is 176 g/mol. The number of methoxy groups -OCH3 is 1. The highest BCUT2D eigenvalue weighted by Crippen LogP contribution is 1.92. The summed E-state index contributed by atoms with van der Waals surface area (Å²) in [6, 6.07) is 0. The lowest BCUT2D eigenvalue weighted by molar-refractivity contribution is 0.0777. The van der Waals surface area contributed by atoms with Gasteiger partial charge in [-0.1, -0.05) is 0 Å². The zero-order chi connectivity index (χ0) is 9.94. The molecule has 0 saturated carbocycles. The summed E-state index contributed by atoms with van der Waals surface area (Å²) < 4.78 is 18.3. The van der Waals surface area contributed by atoms with Gasteiger partial charge in [0.05, 0.1) is 13.2 Å². The van der Waals surface area contributed by atoms with E-state index < -0.39 is 6.16 Å². The van der Waals surface area contributed by atoms with Crippen LogP contribution in [0.1, 0.15) is 6.92 Å². The Kier molecular flexibility index (Phi) is 8.70. The molecule has 0 amide bonds. The van der Waals surface area contributed by atoms with Crippen molar-refractivity contribution in [3.05, 3.63) is 0 Å². The summed E-state index contributed by atoms with van der Waals surface area (Å²) >= 11 is 0. The van der Waals surface area contributed by atoms with E-state index in [1.807, 2.05) is 6.92 Å². The van der Waals surface area contributed by atoms with Crippen molar-refractivity contribution >= 4 is 6.16 Å². The molecule has 0 aliphatic carbocycles. The Bertz CT molecular complexity index is 114. The summed E-state index contributed by atoms with van der Waals surface area (Å²) in [5.41, 5.74) is 0. The molecule has 0 atom stereocenters. The molecule has 0 aromatic rings. The van der Waals surface area contributed by atoms with Crippen molar-refractivity contribution in [3.8, 4) is 0 Å². The van der Waals surface area contributed by atoms with Gasteiger partial charge >= 0.3 is 6.16 Å². The summed E-state index contributed by atoms with van der Waals surface area (Å²) in [5.74, 6) is 0. The van der Waals surface area contributed by atoms with Crippen LogP contribution in [0.2, 0.25) is 0 Å². The van der Waals surface area contributed by atoms with Gasteiger partial charge in [-0.15, -0.1) is 0 Å². The second-order valence-electron chi connectivity index (χ2n) is 2.14. The van der Waals surface area contributed by atoms with Crippen molar-refractivity contribution in [1.82, 2.24) is 0 Å². The first-order valence-electron chi connectivity index (χ1n) is 4.17. The predicted molar refractivity (Wildman–Crippen MR) is 45.7 cm³/mol. The molecule has 1 aliphatic heterocycles. The van der Waals surface area contributed by atoms with E-state index in [1.165, 1.54) is 0 Å². The highest BCUT2D eigenvalue weighted by Gasteiger charge is 2.09. The van der Waals surface area contributed by atoms with E-state index in [0.717, 1.165) is 6.61 Å². The van der Waals surface area contributed by atoms with Gasteiger partial charge in [-0.05, 0) is 6.92 Å². The average Bonchev–Trinajstić information content (AvgIpc) is 2.58. The smallest absolute Gasteiger partial charge is 0.431 e. The molecule has 1 saturated heterocycles. The van der Waals surface area contributed by atoms with Crippen molar-refractivity contribution in [1.29, 1.82) is 0 Å². The predicted octanol–water partition coefficient (Wildman–Crippen LogP) is 0.823. The van der Waals surface area contributed by atoms with E-state index in [2.05, 4.69) is 9.47 Å². The number of hydrogen-bond donors (Lipinski definition) is 0. The Hall–Kier alpha value is -0.810. The number of cyclic esters (lactones) is 2. The van der Waals surface area contributed by atoms with Crippen LogP contribution in [0.25, 0.3) is 0 Å². The van der Waals surface area contributed by atoms with E-state index in [0.29, 0.717) is 26.4 Å². The van der Waals surface area contributed by atoms with E-state index in [1.54, 1.807) is 7.11 Å². The van der Waals surface area contributed by atoms with Gasteiger partial charge in [-0.2, -0.15) is 0 Å². The maximum Gasteiger partial charge on any atom is 0.508 e. The largest absolute Gasteiger partial charge is 0.508 e. The summed E-state index contributed by atoms with van der Waals surface area (Å²) in [6.07, 6.45) is -0.546. The molecule has 1 heterocycles. The van der Waals surface area contributed by atoms with Crippen LogP contribution in [-0.2, 0) is 18.9 Å². The summed E-state index contributed by atoms with van der Waals surface area (Å²) in [6.45, 7) is 5.00. The molecular formula is C8H16O5. The maximum absolute atomic E-state index is 9.80. The molecule has 1 aliphatic rings. The highest BCUT2D eigenvalue weighted by molar-refractivity contribution is 5.61. The fraction of sp³-hybridized carbons (Fsp3) is 0.875. The van der Waals surface area contributed by atoms with Crippen molar-refractivity contribution in [2.45, 2.75) is 6.92 Å². The van der Waals surface area contributed by atoms with Crippen molar-refractivity contribution in [2.24, 2.45) is 0 Å². The minimum Gasteiger partial charge on any atom is -0.431 e. The number of carbonyl (C=O) groups is 1. The lowest BCUT2D eigenvalue weighted by Crippen LogP contribution is -2.00. The number of hydrogen-bond acceptors (Lipinski definition) is 5. The Morgan fingerprint density at radius 1 is 1.31 bits per heavy atom. The van der Waals surface area contributed by atoms with E-state index in [9.17, 15) is 4.79 Å². The first-order valence-corrected chi connectivity index (χ1v) is 4.17. The minimum absolute atomic E-state index is 0.416. The quantitative estimate of drug-likeness (QED) is 0.487. The van der Waals surface area contributed by atoms with Gasteiger partial charge in [0.15, 0.2) is 0 Å². The third kappa shape index (κ3) is 9.10. The molecule has 0 unspecified atom stereocenters. The standard InChI is InChI=1S/C5H12O2.C3H4O3/c1-3-7-5-4-6-2;4-3-5-1-2-6-3/h3-5H2,1-2H3;1-2H2. The molecule has 0 bridgehead atoms. The molecule has 0 N–H and O–H groups in total. The molecule has 0 spiro atoms. The molecule has 78 valence electrons. The molecule has 0 aromatic heterocycles. The normalized spacial score (nSPS) is 14.2. The summed E-state index contributed by atoms with van der Waals surface area (Å²) in [7, 11) is 1.67. The van der Waals surface area contributed by atoms with Crippen molar-refractivity contribution < 1.29 is 23.7 Å². The molecule has 0 radical (unpaired) electrons. The molecule has 5 heteroatoms. The van der Waals surface area contributed by atoms with Gasteiger partial charge in [-0.3, -0.25) is 0 Å². The second-order valence-corrected chi connectivity index (χ2v) is 2.14. The first-order chi connectivity index (χ1) is 6.31. The van der Waals surface area contributed by atoms with Gasteiger partial charge < -0.3 is 18.9 Å². The van der Waals surface area contributed by atoms with Crippen molar-refractivity contribution in [2.75, 3.05) is 40.1 Å². The third-order valence-electron chi connectivity index (χ3n) is 1.16. The van der Waals surface area contributed by atoms with Gasteiger partial charge in [0.25, 0.3) is 0 Å². The van der Waals surface area contributed by atoms with E-state index in [4.69, 9.17) is 9.47 Å². The van der Waals surface area contributed by atoms with Gasteiger partial charge in [0.1, 0.15) is 13.2 Å². The van der Waals surface area contributed by atoms with Crippen LogP contribution in [0.4, 0.5) is 4.79 Å². The Morgan fingerprint density at radius 2 is 1.92 bits per heavy atom. The highest BCUT2D eigenvalue weighted by atomic mass is 16.8. The molecule has 1 rings (SSSR count). The van der Waals surface area contributed by atoms with Crippen LogP contribution in [0.3, 0.4) is 0 Å². The lowest BCUT2D eigenvalue weighted by Gasteiger charge is -1.96. The fourth-order valence-corrected chi connectivity index (χ4v) is 0.578. The van der Waals surface area contributed by atoms with Crippen LogP contribution in [0, 0.1) is 0 Å². The van der Waals surface area contributed by atoms with Crippen LogP contribution >= 0.6 is 0 Å². The topological polar surface area (TPSA) is 54.0 Å². The Balaban J connectivity index is 0.000000223. The number of rotatable bonds is 4.